The van der Waals surface area contributed by atoms with Crippen LogP contribution in [0.2, 0.25) is 0 Å². The molecule has 11 heteroatoms. The van der Waals surface area contributed by atoms with E-state index in [2.05, 4.69) is 29.0 Å². The lowest BCUT2D eigenvalue weighted by molar-refractivity contribution is -0.147. The number of carboxylic acids is 1. The van der Waals surface area contributed by atoms with Crippen molar-refractivity contribution in [3.63, 3.8) is 0 Å². The second kappa shape index (κ2) is 13.1. The second-order valence-corrected chi connectivity index (χ2v) is 13.7. The Bertz CT molecular complexity index is 1770. The molecule has 0 bridgehead atoms. The standard InChI is InChI=1S/C36H43FN4O6/c1-20-17-41(18-21(2)45-20)24-15-29(38-16-24)33(46-25-11-8-22(9-12-25)36(43)44)31(42)14-23-10-13-28-34(32(23)37)47-35(39-28)27-19-40(3)30-7-5-4-6-26(27)30/h4-7,10,13,19-22,24-25,29,33,38H,8-9,11-12,14-18H2,1-3H3,(H,43,44)/t20-,21-,22?,24-,25?,29-,33-/m0/s1. The Morgan fingerprint density at radius 1 is 1.11 bits per heavy atom. The molecule has 2 aromatic carbocycles. The summed E-state index contributed by atoms with van der Waals surface area (Å²) < 4.78 is 36.5. The number of hydrogen-bond acceptors (Lipinski definition) is 8. The van der Waals surface area contributed by atoms with Crippen LogP contribution >= 0.6 is 0 Å². The molecular formula is C36H43FN4O6. The SMILES string of the molecule is C[C@H]1CN([C@@H]2CN[C@H]([C@H](OC3CCC(C(=O)O)CC3)C(=O)Cc3ccc4nc(-c5cn(C)c6ccccc56)oc4c3F)C2)C[C@H](C)O1. The van der Waals surface area contributed by atoms with E-state index in [0.29, 0.717) is 37.1 Å². The van der Waals surface area contributed by atoms with Crippen molar-refractivity contribution >= 4 is 33.8 Å². The lowest BCUT2D eigenvalue weighted by atomic mass is 9.87. The first-order chi connectivity index (χ1) is 22.6. The van der Waals surface area contributed by atoms with Crippen molar-refractivity contribution in [2.75, 3.05) is 19.6 Å². The highest BCUT2D eigenvalue weighted by Crippen LogP contribution is 2.34. The molecule has 47 heavy (non-hydrogen) atoms. The molecule has 5 atom stereocenters. The number of oxazole rings is 1. The molecule has 3 aliphatic rings. The summed E-state index contributed by atoms with van der Waals surface area (Å²) >= 11 is 0. The summed E-state index contributed by atoms with van der Waals surface area (Å²) in [5.74, 6) is -1.65. The molecule has 2 saturated heterocycles. The Labute approximate surface area is 273 Å². The molecule has 1 aliphatic carbocycles. The molecule has 0 unspecified atom stereocenters. The lowest BCUT2D eigenvalue weighted by Crippen LogP contribution is -2.50. The maximum absolute atomic E-state index is 16.1. The number of ether oxygens (including phenoxy) is 2. The van der Waals surface area contributed by atoms with Crippen LogP contribution in [0.3, 0.4) is 0 Å². The summed E-state index contributed by atoms with van der Waals surface area (Å²) in [6, 6.07) is 11.2. The number of aromatic nitrogens is 2. The topological polar surface area (TPSA) is 119 Å². The van der Waals surface area contributed by atoms with Crippen LogP contribution in [0.5, 0.6) is 0 Å². The van der Waals surface area contributed by atoms with Crippen molar-refractivity contribution < 1.29 is 33.0 Å². The molecule has 0 amide bonds. The predicted octanol–water partition coefficient (Wildman–Crippen LogP) is 5.11. The van der Waals surface area contributed by atoms with E-state index in [-0.39, 0.29) is 59.7 Å². The Hall–Kier alpha value is -3.64. The number of aryl methyl sites for hydroxylation is 1. The molecule has 2 aliphatic heterocycles. The van der Waals surface area contributed by atoms with E-state index in [1.165, 1.54) is 0 Å². The van der Waals surface area contributed by atoms with Gasteiger partial charge >= 0.3 is 5.97 Å². The van der Waals surface area contributed by atoms with Crippen LogP contribution < -0.4 is 5.32 Å². The van der Waals surface area contributed by atoms with E-state index in [9.17, 15) is 14.7 Å². The van der Waals surface area contributed by atoms with Crippen molar-refractivity contribution in [1.29, 1.82) is 0 Å². The third kappa shape index (κ3) is 6.46. The summed E-state index contributed by atoms with van der Waals surface area (Å²) in [6.07, 6.45) is 3.90. The summed E-state index contributed by atoms with van der Waals surface area (Å²) in [5, 5.41) is 14.0. The number of Topliss-reactive ketones (excluding diaryl/α,β-unsaturated/α-hetero) is 1. The monoisotopic (exact) mass is 646 g/mol. The van der Waals surface area contributed by atoms with Gasteiger partial charge in [-0.15, -0.1) is 0 Å². The molecular weight excluding hydrogens is 603 g/mol. The summed E-state index contributed by atoms with van der Waals surface area (Å²) in [6.45, 7) is 6.53. The van der Waals surface area contributed by atoms with Gasteiger partial charge in [-0.1, -0.05) is 24.3 Å². The van der Waals surface area contributed by atoms with Gasteiger partial charge in [-0.3, -0.25) is 14.5 Å². The molecule has 10 nitrogen and oxygen atoms in total. The smallest absolute Gasteiger partial charge is 0.306 e. The molecule has 7 rings (SSSR count). The Balaban J connectivity index is 1.12. The van der Waals surface area contributed by atoms with Gasteiger partial charge in [-0.2, -0.15) is 0 Å². The van der Waals surface area contributed by atoms with E-state index < -0.39 is 17.9 Å². The van der Waals surface area contributed by atoms with E-state index in [1.807, 2.05) is 42.1 Å². The number of ketones is 1. The highest BCUT2D eigenvalue weighted by molar-refractivity contribution is 5.95. The molecule has 250 valence electrons. The van der Waals surface area contributed by atoms with E-state index >= 15 is 4.39 Å². The molecule has 0 spiro atoms. The third-order valence-electron chi connectivity index (χ3n) is 10.2. The van der Waals surface area contributed by atoms with Crippen LogP contribution in [-0.2, 0) is 32.5 Å². The highest BCUT2D eigenvalue weighted by Gasteiger charge is 2.41. The number of morpholine rings is 1. The molecule has 4 aromatic rings. The minimum atomic E-state index is -0.793. The number of benzene rings is 2. The van der Waals surface area contributed by atoms with Gasteiger partial charge in [0, 0.05) is 62.3 Å². The number of para-hydroxylation sites is 1. The zero-order chi connectivity index (χ0) is 32.8. The van der Waals surface area contributed by atoms with Gasteiger partial charge in [0.1, 0.15) is 11.6 Å². The highest BCUT2D eigenvalue weighted by atomic mass is 19.1. The molecule has 4 heterocycles. The molecule has 2 aromatic heterocycles. The van der Waals surface area contributed by atoms with Crippen molar-refractivity contribution in [3.8, 4) is 11.5 Å². The minimum Gasteiger partial charge on any atom is -0.481 e. The first-order valence-electron chi connectivity index (χ1n) is 16.8. The van der Waals surface area contributed by atoms with Gasteiger partial charge in [-0.25, -0.2) is 9.37 Å². The van der Waals surface area contributed by atoms with Gasteiger partial charge < -0.3 is 28.9 Å². The number of aliphatic carboxylic acids is 1. The van der Waals surface area contributed by atoms with E-state index in [4.69, 9.17) is 13.9 Å². The van der Waals surface area contributed by atoms with Crippen LogP contribution in [-0.4, -0.2) is 87.4 Å². The fourth-order valence-electron chi connectivity index (χ4n) is 7.87. The van der Waals surface area contributed by atoms with Crippen LogP contribution in [0.4, 0.5) is 4.39 Å². The summed E-state index contributed by atoms with van der Waals surface area (Å²) in [4.78, 5) is 32.6. The first-order valence-corrected chi connectivity index (χ1v) is 16.8. The number of fused-ring (bicyclic) bond motifs is 2. The maximum atomic E-state index is 16.1. The lowest BCUT2D eigenvalue weighted by Gasteiger charge is -2.39. The third-order valence-corrected chi connectivity index (χ3v) is 10.2. The van der Waals surface area contributed by atoms with Gasteiger partial charge in [-0.05, 0) is 63.6 Å². The molecule has 1 saturated carbocycles. The van der Waals surface area contributed by atoms with Gasteiger partial charge in [0.15, 0.2) is 17.2 Å². The second-order valence-electron chi connectivity index (χ2n) is 13.7. The van der Waals surface area contributed by atoms with Crippen LogP contribution in [0.1, 0.15) is 51.5 Å². The van der Waals surface area contributed by atoms with E-state index in [0.717, 1.165) is 42.5 Å². The van der Waals surface area contributed by atoms with Gasteiger partial charge in [0.2, 0.25) is 5.89 Å². The number of nitrogens with zero attached hydrogens (tertiary/aromatic N) is 3. The fraction of sp³-hybridized carbons (Fsp3) is 0.528. The van der Waals surface area contributed by atoms with Crippen molar-refractivity contribution in [2.45, 2.75) is 88.9 Å². The van der Waals surface area contributed by atoms with Crippen molar-refractivity contribution in [2.24, 2.45) is 13.0 Å². The zero-order valence-electron chi connectivity index (χ0n) is 27.2. The Morgan fingerprint density at radius 3 is 2.60 bits per heavy atom. The number of carbonyl (C=O) groups excluding carboxylic acids is 1. The van der Waals surface area contributed by atoms with Crippen molar-refractivity contribution in [1.82, 2.24) is 19.8 Å². The fourth-order valence-corrected chi connectivity index (χ4v) is 7.87. The first kappa shape index (κ1) is 31.9. The summed E-state index contributed by atoms with van der Waals surface area (Å²) in [5.41, 5.74) is 2.43. The number of halogens is 1. The minimum absolute atomic E-state index is 0.0253. The maximum Gasteiger partial charge on any atom is 0.306 e. The van der Waals surface area contributed by atoms with E-state index in [1.54, 1.807) is 12.1 Å². The number of carbonyl (C=O) groups is 2. The average molecular weight is 647 g/mol. The van der Waals surface area contributed by atoms with Gasteiger partial charge in [0.25, 0.3) is 0 Å². The molecule has 3 fully saturated rings. The number of hydrogen-bond donors (Lipinski definition) is 2. The average Bonchev–Trinajstić information content (AvgIpc) is 3.79. The largest absolute Gasteiger partial charge is 0.481 e. The normalized spacial score (nSPS) is 27.8. The number of rotatable bonds is 9. The van der Waals surface area contributed by atoms with Crippen LogP contribution in [0.25, 0.3) is 33.5 Å². The van der Waals surface area contributed by atoms with Crippen LogP contribution in [0, 0.1) is 11.7 Å². The number of carboxylic acid groups (broad SMARTS) is 1. The predicted molar refractivity (Wildman–Crippen MR) is 175 cm³/mol. The molecule has 2 N–H and O–H groups in total. The Morgan fingerprint density at radius 2 is 1.85 bits per heavy atom. The molecule has 0 radical (unpaired) electrons. The number of nitrogens with one attached hydrogen (secondary N) is 1. The zero-order valence-corrected chi connectivity index (χ0v) is 27.2. The Kier molecular flexibility index (Phi) is 8.90. The van der Waals surface area contributed by atoms with Crippen molar-refractivity contribution in [3.05, 3.63) is 54.0 Å². The van der Waals surface area contributed by atoms with Gasteiger partial charge in [0.05, 0.1) is 29.8 Å². The quantitative estimate of drug-likeness (QED) is 0.256. The summed E-state index contributed by atoms with van der Waals surface area (Å²) in [7, 11) is 1.94. The van der Waals surface area contributed by atoms with Crippen LogP contribution in [0.15, 0.2) is 47.0 Å².